The highest BCUT2D eigenvalue weighted by Crippen LogP contribution is 2.61. The molecule has 0 aromatic heterocycles. The van der Waals surface area contributed by atoms with Crippen LogP contribution in [0.1, 0.15) is 44.9 Å². The van der Waals surface area contributed by atoms with E-state index in [1.165, 1.54) is 38.5 Å². The zero-order valence-corrected chi connectivity index (χ0v) is 11.0. The average molecular weight is 257 g/mol. The Hall–Kier alpha value is -0.240. The minimum Gasteiger partial charge on any atom is -0.465 e. The van der Waals surface area contributed by atoms with Crippen molar-refractivity contribution in [1.29, 1.82) is 0 Å². The third kappa shape index (κ3) is 2.33. The van der Waals surface area contributed by atoms with Crippen molar-refractivity contribution in [2.24, 2.45) is 23.2 Å². The van der Waals surface area contributed by atoms with Gasteiger partial charge in [-0.2, -0.15) is 0 Å². The number of carbonyl (C=O) groups excluding carboxylic acids is 1. The minimum atomic E-state index is -0.267. The van der Waals surface area contributed by atoms with Gasteiger partial charge in [0.15, 0.2) is 0 Å². The van der Waals surface area contributed by atoms with Crippen LogP contribution in [-0.2, 0) is 9.53 Å². The number of hydrogen-bond donors (Lipinski definition) is 0. The molecule has 4 rings (SSSR count). The Morgan fingerprint density at radius 1 is 1.12 bits per heavy atom. The molecule has 4 bridgehead atoms. The van der Waals surface area contributed by atoms with Gasteiger partial charge in [-0.15, -0.1) is 11.6 Å². The maximum Gasteiger partial charge on any atom is 0.320 e. The van der Waals surface area contributed by atoms with Crippen molar-refractivity contribution in [1.82, 2.24) is 0 Å². The Balaban J connectivity index is 1.57. The van der Waals surface area contributed by atoms with Gasteiger partial charge in [0, 0.05) is 0 Å². The molecule has 0 aliphatic heterocycles. The van der Waals surface area contributed by atoms with Gasteiger partial charge in [-0.25, -0.2) is 0 Å². The first kappa shape index (κ1) is 11.8. The lowest BCUT2D eigenvalue weighted by Gasteiger charge is -2.57. The van der Waals surface area contributed by atoms with Crippen LogP contribution in [0.15, 0.2) is 0 Å². The van der Waals surface area contributed by atoms with Crippen LogP contribution in [0, 0.1) is 23.2 Å². The van der Waals surface area contributed by atoms with E-state index < -0.39 is 0 Å². The summed E-state index contributed by atoms with van der Waals surface area (Å²) in [5, 5.41) is 0. The van der Waals surface area contributed by atoms with Crippen LogP contribution in [0.2, 0.25) is 0 Å². The first-order valence-electron chi connectivity index (χ1n) is 6.91. The van der Waals surface area contributed by atoms with E-state index in [1.807, 2.05) is 0 Å². The lowest BCUT2D eigenvalue weighted by Crippen LogP contribution is -2.46. The fourth-order valence-electron chi connectivity index (χ4n) is 5.02. The molecule has 96 valence electrons. The summed E-state index contributed by atoms with van der Waals surface area (Å²) in [5.41, 5.74) is 0.515. The monoisotopic (exact) mass is 256 g/mol. The molecular formula is C14H21ClO2. The van der Waals surface area contributed by atoms with E-state index in [4.69, 9.17) is 16.3 Å². The van der Waals surface area contributed by atoms with Crippen LogP contribution in [0.4, 0.5) is 0 Å². The summed E-state index contributed by atoms with van der Waals surface area (Å²) in [6.07, 6.45) is 9.65. The van der Waals surface area contributed by atoms with Crippen LogP contribution in [0.3, 0.4) is 0 Å². The minimum absolute atomic E-state index is 0.0130. The van der Waals surface area contributed by atoms with Gasteiger partial charge in [-0.05, 0) is 68.1 Å². The maximum absolute atomic E-state index is 11.0. The van der Waals surface area contributed by atoms with Crippen molar-refractivity contribution >= 4 is 17.6 Å². The molecule has 0 atom stereocenters. The van der Waals surface area contributed by atoms with E-state index in [0.717, 1.165) is 24.2 Å². The van der Waals surface area contributed by atoms with Crippen molar-refractivity contribution in [3.8, 4) is 0 Å². The van der Waals surface area contributed by atoms with Crippen molar-refractivity contribution < 1.29 is 9.53 Å². The number of halogens is 1. The summed E-state index contributed by atoms with van der Waals surface area (Å²) in [6, 6.07) is 0. The van der Waals surface area contributed by atoms with Crippen LogP contribution in [0.25, 0.3) is 0 Å². The highest BCUT2D eigenvalue weighted by atomic mass is 35.5. The number of hydrogen-bond acceptors (Lipinski definition) is 2. The van der Waals surface area contributed by atoms with Crippen molar-refractivity contribution in [2.45, 2.75) is 44.9 Å². The average Bonchev–Trinajstić information content (AvgIpc) is 2.26. The molecule has 0 saturated heterocycles. The third-order valence-electron chi connectivity index (χ3n) is 5.17. The second-order valence-corrected chi connectivity index (χ2v) is 6.79. The Labute approximate surface area is 108 Å². The molecule has 4 fully saturated rings. The Kier molecular flexibility index (Phi) is 3.10. The van der Waals surface area contributed by atoms with Crippen molar-refractivity contribution in [2.75, 3.05) is 12.5 Å². The molecule has 2 nitrogen and oxygen atoms in total. The number of rotatable bonds is 4. The summed E-state index contributed by atoms with van der Waals surface area (Å²) in [5.74, 6) is 2.65. The largest absolute Gasteiger partial charge is 0.465 e. The smallest absolute Gasteiger partial charge is 0.320 e. The molecule has 0 heterocycles. The molecule has 17 heavy (non-hydrogen) atoms. The molecule has 0 aromatic rings. The van der Waals surface area contributed by atoms with Gasteiger partial charge in [0.2, 0.25) is 0 Å². The molecule has 3 heteroatoms. The third-order valence-corrected chi connectivity index (χ3v) is 5.39. The molecule has 4 aliphatic carbocycles. The van der Waals surface area contributed by atoms with Gasteiger partial charge in [0.25, 0.3) is 0 Å². The van der Waals surface area contributed by atoms with Crippen LogP contribution >= 0.6 is 11.6 Å². The van der Waals surface area contributed by atoms with E-state index in [0.29, 0.717) is 12.0 Å². The van der Waals surface area contributed by atoms with Crippen LogP contribution in [-0.4, -0.2) is 18.5 Å². The van der Waals surface area contributed by atoms with Gasteiger partial charge in [-0.3, -0.25) is 4.79 Å². The number of esters is 1. The first-order chi connectivity index (χ1) is 8.19. The molecule has 4 saturated carbocycles. The van der Waals surface area contributed by atoms with Crippen molar-refractivity contribution in [3.05, 3.63) is 0 Å². The lowest BCUT2D eigenvalue weighted by atomic mass is 9.49. The number of alkyl halides is 1. The van der Waals surface area contributed by atoms with Crippen molar-refractivity contribution in [3.63, 3.8) is 0 Å². The summed E-state index contributed by atoms with van der Waals surface area (Å²) in [7, 11) is 0. The van der Waals surface area contributed by atoms with Gasteiger partial charge in [-0.1, -0.05) is 0 Å². The normalized spacial score (nSPS) is 42.8. The predicted octanol–water partition coefficient (Wildman–Crippen LogP) is 3.37. The number of carbonyl (C=O) groups is 1. The standard InChI is InChI=1S/C14H21ClO2/c15-9-13(16)17-2-1-14-6-10-3-11(7-14)5-12(4-10)8-14/h10-12H,1-9H2. The second kappa shape index (κ2) is 4.46. The second-order valence-electron chi connectivity index (χ2n) is 6.52. The Morgan fingerprint density at radius 3 is 2.12 bits per heavy atom. The molecule has 0 radical (unpaired) electrons. The summed E-state index contributed by atoms with van der Waals surface area (Å²) < 4.78 is 5.16. The Bertz CT molecular complexity index is 278. The van der Waals surface area contributed by atoms with Gasteiger partial charge in [0.05, 0.1) is 6.61 Å². The van der Waals surface area contributed by atoms with Gasteiger partial charge < -0.3 is 4.74 Å². The highest BCUT2D eigenvalue weighted by molar-refractivity contribution is 6.26. The molecule has 4 aliphatic rings. The summed E-state index contributed by atoms with van der Waals surface area (Å²) in [6.45, 7) is 0.581. The lowest BCUT2D eigenvalue weighted by molar-refractivity contribution is -0.143. The quantitative estimate of drug-likeness (QED) is 0.569. The van der Waals surface area contributed by atoms with Crippen LogP contribution in [0.5, 0.6) is 0 Å². The van der Waals surface area contributed by atoms with Gasteiger partial charge in [0.1, 0.15) is 5.88 Å². The number of ether oxygens (including phenoxy) is 1. The topological polar surface area (TPSA) is 26.3 Å². The molecule has 0 N–H and O–H groups in total. The predicted molar refractivity (Wildman–Crippen MR) is 66.9 cm³/mol. The maximum atomic E-state index is 11.0. The van der Waals surface area contributed by atoms with E-state index in [2.05, 4.69) is 0 Å². The highest BCUT2D eigenvalue weighted by Gasteiger charge is 2.50. The molecule has 0 aromatic carbocycles. The summed E-state index contributed by atoms with van der Waals surface area (Å²) >= 11 is 5.43. The zero-order chi connectivity index (χ0) is 11.9. The van der Waals surface area contributed by atoms with Crippen LogP contribution < -0.4 is 0 Å². The van der Waals surface area contributed by atoms with Gasteiger partial charge >= 0.3 is 5.97 Å². The SMILES string of the molecule is O=C(CCl)OCCC12CC3CC(CC(C3)C1)C2. The molecular weight excluding hydrogens is 236 g/mol. The molecule has 0 unspecified atom stereocenters. The van der Waals surface area contributed by atoms with E-state index in [9.17, 15) is 4.79 Å². The Morgan fingerprint density at radius 2 is 1.65 bits per heavy atom. The summed E-state index contributed by atoms with van der Waals surface area (Å²) in [4.78, 5) is 11.0. The first-order valence-corrected chi connectivity index (χ1v) is 7.44. The van der Waals surface area contributed by atoms with E-state index in [1.54, 1.807) is 0 Å². The fourth-order valence-corrected chi connectivity index (χ4v) is 5.09. The fraction of sp³-hybridized carbons (Fsp3) is 0.929. The van der Waals surface area contributed by atoms with E-state index in [-0.39, 0.29) is 11.8 Å². The zero-order valence-electron chi connectivity index (χ0n) is 10.3. The molecule has 0 amide bonds. The molecule has 0 spiro atoms. The van der Waals surface area contributed by atoms with E-state index >= 15 is 0 Å².